The molecule has 0 aromatic rings. The predicted octanol–water partition coefficient (Wildman–Crippen LogP) is 2.67. The van der Waals surface area contributed by atoms with E-state index in [4.69, 9.17) is 11.5 Å². The minimum absolute atomic E-state index is 0.163. The van der Waals surface area contributed by atoms with Crippen molar-refractivity contribution in [1.82, 2.24) is 4.90 Å². The Balaban J connectivity index is 1.67. The fraction of sp³-hybridized carbons (Fsp3) is 0.867. The Morgan fingerprint density at radius 2 is 1.83 bits per heavy atom. The van der Waals surface area contributed by atoms with E-state index in [0.717, 1.165) is 18.2 Å². The average Bonchev–Trinajstić information content (AvgIpc) is 3.07. The first-order valence-corrected chi connectivity index (χ1v) is 7.77. The maximum atomic E-state index is 6.38. The summed E-state index contributed by atoms with van der Waals surface area (Å²) in [6.45, 7) is 0. The van der Waals surface area contributed by atoms with E-state index in [1.165, 1.54) is 63.4 Å². The summed E-state index contributed by atoms with van der Waals surface area (Å²) in [5.74, 6) is 2.05. The second-order valence-corrected chi connectivity index (χ2v) is 6.42. The standard InChI is InChI=1S/C15H27N3/c16-14-6-2-5-13(10-9-11-7-8-11)18(14)15(17)12-3-1-4-12/h11,13-14H,1-10,16-17H2. The van der Waals surface area contributed by atoms with Crippen molar-refractivity contribution >= 4 is 0 Å². The van der Waals surface area contributed by atoms with E-state index < -0.39 is 0 Å². The maximum absolute atomic E-state index is 6.38. The zero-order valence-electron chi connectivity index (χ0n) is 11.4. The highest BCUT2D eigenvalue weighted by Crippen LogP contribution is 2.37. The van der Waals surface area contributed by atoms with Crippen molar-refractivity contribution in [3.63, 3.8) is 0 Å². The number of hydrogen-bond donors (Lipinski definition) is 2. The molecule has 18 heavy (non-hydrogen) atoms. The van der Waals surface area contributed by atoms with E-state index in [-0.39, 0.29) is 6.17 Å². The molecule has 102 valence electrons. The molecule has 2 unspecified atom stereocenters. The van der Waals surface area contributed by atoms with Crippen LogP contribution in [0.2, 0.25) is 0 Å². The van der Waals surface area contributed by atoms with Crippen LogP contribution in [0.4, 0.5) is 0 Å². The Morgan fingerprint density at radius 1 is 1.06 bits per heavy atom. The van der Waals surface area contributed by atoms with Crippen LogP contribution in [0, 0.1) is 5.92 Å². The van der Waals surface area contributed by atoms with E-state index in [0.29, 0.717) is 6.04 Å². The molecule has 3 aliphatic rings. The maximum Gasteiger partial charge on any atom is 0.0993 e. The van der Waals surface area contributed by atoms with Crippen LogP contribution in [0.15, 0.2) is 11.4 Å². The Morgan fingerprint density at radius 3 is 2.44 bits per heavy atom. The van der Waals surface area contributed by atoms with Crippen LogP contribution >= 0.6 is 0 Å². The number of rotatable bonds is 4. The molecule has 4 N–H and O–H groups in total. The molecule has 0 aromatic heterocycles. The van der Waals surface area contributed by atoms with Crippen molar-refractivity contribution in [3.8, 4) is 0 Å². The topological polar surface area (TPSA) is 55.3 Å². The molecule has 0 amide bonds. The molecule has 1 aliphatic heterocycles. The number of nitrogens with two attached hydrogens (primary N) is 2. The van der Waals surface area contributed by atoms with Gasteiger partial charge in [0, 0.05) is 6.04 Å². The Bertz CT molecular complexity index is 327. The van der Waals surface area contributed by atoms with Crippen LogP contribution in [-0.4, -0.2) is 17.1 Å². The lowest BCUT2D eigenvalue weighted by Gasteiger charge is -2.44. The van der Waals surface area contributed by atoms with Crippen LogP contribution in [0.1, 0.15) is 64.2 Å². The molecular weight excluding hydrogens is 222 g/mol. The first kappa shape index (κ1) is 12.3. The molecule has 1 heterocycles. The van der Waals surface area contributed by atoms with Gasteiger partial charge in [-0.1, -0.05) is 12.8 Å². The molecule has 3 heteroatoms. The van der Waals surface area contributed by atoms with Gasteiger partial charge in [-0.05, 0) is 62.9 Å². The van der Waals surface area contributed by atoms with Gasteiger partial charge in [0.2, 0.25) is 0 Å². The van der Waals surface area contributed by atoms with Crippen molar-refractivity contribution in [2.45, 2.75) is 76.4 Å². The van der Waals surface area contributed by atoms with Crippen LogP contribution in [-0.2, 0) is 0 Å². The van der Waals surface area contributed by atoms with Gasteiger partial charge in [-0.25, -0.2) is 0 Å². The summed E-state index contributed by atoms with van der Waals surface area (Å²) in [5, 5.41) is 0. The van der Waals surface area contributed by atoms with Crippen molar-refractivity contribution in [1.29, 1.82) is 0 Å². The molecular formula is C15H27N3. The normalized spacial score (nSPS) is 32.3. The van der Waals surface area contributed by atoms with Gasteiger partial charge in [0.25, 0.3) is 0 Å². The van der Waals surface area contributed by atoms with Gasteiger partial charge in [-0.15, -0.1) is 0 Å². The molecule has 2 aliphatic carbocycles. The van der Waals surface area contributed by atoms with Crippen molar-refractivity contribution < 1.29 is 0 Å². The summed E-state index contributed by atoms with van der Waals surface area (Å²) in [4.78, 5) is 2.38. The first-order chi connectivity index (χ1) is 8.75. The molecule has 3 nitrogen and oxygen atoms in total. The van der Waals surface area contributed by atoms with E-state index in [2.05, 4.69) is 4.90 Å². The fourth-order valence-electron chi connectivity index (χ4n) is 3.40. The zero-order chi connectivity index (χ0) is 12.5. The van der Waals surface area contributed by atoms with E-state index in [1.54, 1.807) is 0 Å². The van der Waals surface area contributed by atoms with Crippen molar-refractivity contribution in [2.75, 3.05) is 0 Å². The second-order valence-electron chi connectivity index (χ2n) is 6.42. The average molecular weight is 249 g/mol. The smallest absolute Gasteiger partial charge is 0.0993 e. The summed E-state index contributed by atoms with van der Waals surface area (Å²) in [6, 6.07) is 0.613. The molecule has 0 bridgehead atoms. The summed E-state index contributed by atoms with van der Waals surface area (Å²) in [7, 11) is 0. The molecule has 3 rings (SSSR count). The van der Waals surface area contributed by atoms with Gasteiger partial charge >= 0.3 is 0 Å². The number of hydrogen-bond acceptors (Lipinski definition) is 3. The molecule has 1 saturated heterocycles. The third-order valence-electron chi connectivity index (χ3n) is 4.99. The molecule has 2 saturated carbocycles. The van der Waals surface area contributed by atoms with Crippen LogP contribution in [0.5, 0.6) is 0 Å². The highest BCUT2D eigenvalue weighted by molar-refractivity contribution is 5.18. The summed E-state index contributed by atoms with van der Waals surface area (Å²) < 4.78 is 0. The van der Waals surface area contributed by atoms with Gasteiger partial charge in [0.15, 0.2) is 0 Å². The lowest BCUT2D eigenvalue weighted by atomic mass is 9.89. The van der Waals surface area contributed by atoms with Crippen LogP contribution in [0.25, 0.3) is 0 Å². The second kappa shape index (κ2) is 5.12. The lowest BCUT2D eigenvalue weighted by Crippen LogP contribution is -2.52. The van der Waals surface area contributed by atoms with Crippen LogP contribution < -0.4 is 11.5 Å². The summed E-state index contributed by atoms with van der Waals surface area (Å²) >= 11 is 0. The molecule has 0 aromatic carbocycles. The third-order valence-corrected chi connectivity index (χ3v) is 4.99. The molecule has 2 atom stereocenters. The highest BCUT2D eigenvalue weighted by atomic mass is 15.3. The van der Waals surface area contributed by atoms with Crippen molar-refractivity contribution in [3.05, 3.63) is 11.4 Å². The zero-order valence-corrected chi connectivity index (χ0v) is 11.4. The van der Waals surface area contributed by atoms with E-state index in [9.17, 15) is 0 Å². The summed E-state index contributed by atoms with van der Waals surface area (Å²) in [5.41, 5.74) is 14.2. The number of allylic oxidation sites excluding steroid dienone is 1. The minimum atomic E-state index is 0.163. The molecule has 0 radical (unpaired) electrons. The lowest BCUT2D eigenvalue weighted by molar-refractivity contribution is 0.112. The predicted molar refractivity (Wildman–Crippen MR) is 74.5 cm³/mol. The fourth-order valence-corrected chi connectivity index (χ4v) is 3.40. The minimum Gasteiger partial charge on any atom is -0.385 e. The van der Waals surface area contributed by atoms with Gasteiger partial charge < -0.3 is 16.4 Å². The van der Waals surface area contributed by atoms with Gasteiger partial charge in [-0.3, -0.25) is 0 Å². The number of likely N-dealkylation sites (tertiary alicyclic amines) is 1. The van der Waals surface area contributed by atoms with Crippen molar-refractivity contribution in [2.24, 2.45) is 17.4 Å². The monoisotopic (exact) mass is 249 g/mol. The van der Waals surface area contributed by atoms with Gasteiger partial charge in [-0.2, -0.15) is 0 Å². The number of nitrogens with zero attached hydrogens (tertiary/aromatic N) is 1. The Hall–Kier alpha value is -0.700. The van der Waals surface area contributed by atoms with Crippen LogP contribution in [0.3, 0.4) is 0 Å². The summed E-state index contributed by atoms with van der Waals surface area (Å²) in [6.07, 6.45) is 13.1. The first-order valence-electron chi connectivity index (χ1n) is 7.77. The molecule has 3 fully saturated rings. The number of piperidine rings is 1. The van der Waals surface area contributed by atoms with Gasteiger partial charge in [0.1, 0.15) is 0 Å². The SMILES string of the molecule is NC(=C1CCC1)N1C(N)CCCC1CCC1CC1. The largest absolute Gasteiger partial charge is 0.385 e. The Kier molecular flexibility index (Phi) is 3.51. The quantitative estimate of drug-likeness (QED) is 0.805. The highest BCUT2D eigenvalue weighted by Gasteiger charge is 2.32. The van der Waals surface area contributed by atoms with Gasteiger partial charge in [0.05, 0.1) is 12.0 Å². The van der Waals surface area contributed by atoms with E-state index >= 15 is 0 Å². The Labute approximate surface area is 111 Å². The molecule has 0 spiro atoms. The third kappa shape index (κ3) is 2.51. The van der Waals surface area contributed by atoms with E-state index in [1.807, 2.05) is 0 Å².